The van der Waals surface area contributed by atoms with Gasteiger partial charge in [-0.1, -0.05) is 36.4 Å². The molecule has 1 aromatic rings. The third kappa shape index (κ3) is 5.30. The van der Waals surface area contributed by atoms with Crippen LogP contribution in [0.1, 0.15) is 12.5 Å². The number of amides is 1. The number of benzene rings is 1. The Hall–Kier alpha value is -2.10. The van der Waals surface area contributed by atoms with Crippen molar-refractivity contribution in [1.82, 2.24) is 5.32 Å². The Morgan fingerprint density at radius 3 is 2.56 bits per heavy atom. The Morgan fingerprint density at radius 2 is 2.00 bits per heavy atom. The monoisotopic (exact) mass is 247 g/mol. The number of rotatable bonds is 5. The van der Waals surface area contributed by atoms with Crippen molar-refractivity contribution in [1.29, 1.82) is 0 Å². The molecule has 1 unspecified atom stereocenters. The van der Waals surface area contributed by atoms with E-state index in [0.717, 1.165) is 5.56 Å². The third-order valence-corrected chi connectivity index (χ3v) is 2.35. The topological polar surface area (TPSA) is 55.4 Å². The summed E-state index contributed by atoms with van der Waals surface area (Å²) in [6, 6.07) is 9.53. The highest BCUT2D eigenvalue weighted by Gasteiger charge is 2.08. The molecule has 18 heavy (non-hydrogen) atoms. The second-order valence-corrected chi connectivity index (χ2v) is 3.88. The van der Waals surface area contributed by atoms with E-state index in [0.29, 0.717) is 6.42 Å². The molecule has 0 aromatic heterocycles. The zero-order valence-electron chi connectivity index (χ0n) is 10.6. The average molecular weight is 247 g/mol. The fraction of sp³-hybridized carbons (Fsp3) is 0.286. The van der Waals surface area contributed by atoms with Crippen molar-refractivity contribution in [2.75, 3.05) is 7.11 Å². The molecule has 0 heterocycles. The maximum atomic E-state index is 11.1. The lowest BCUT2D eigenvalue weighted by Gasteiger charge is -2.13. The normalized spacial score (nSPS) is 12.1. The van der Waals surface area contributed by atoms with Gasteiger partial charge < -0.3 is 10.1 Å². The molecule has 0 radical (unpaired) electrons. The molecule has 0 fully saturated rings. The molecule has 1 aromatic carbocycles. The highest BCUT2D eigenvalue weighted by Crippen LogP contribution is 2.04. The quantitative estimate of drug-likeness (QED) is 0.633. The van der Waals surface area contributed by atoms with Crippen LogP contribution in [0, 0.1) is 0 Å². The standard InChI is InChI=1S/C14H17NO3/c1-11(16)15-13(8-9-14(17)18-2)10-12-6-4-3-5-7-12/h3-9,13H,10H2,1-2H3,(H,15,16)/b9-8+. The molecule has 1 N–H and O–H groups in total. The Bertz CT molecular complexity index is 426. The summed E-state index contributed by atoms with van der Waals surface area (Å²) in [4.78, 5) is 22.1. The van der Waals surface area contributed by atoms with E-state index in [9.17, 15) is 9.59 Å². The number of methoxy groups -OCH3 is 1. The van der Waals surface area contributed by atoms with Gasteiger partial charge in [-0.25, -0.2) is 4.79 Å². The van der Waals surface area contributed by atoms with Crippen LogP contribution in [0.4, 0.5) is 0 Å². The first-order valence-electron chi connectivity index (χ1n) is 5.69. The zero-order chi connectivity index (χ0) is 13.4. The van der Waals surface area contributed by atoms with Gasteiger partial charge in [-0.05, 0) is 12.0 Å². The second-order valence-electron chi connectivity index (χ2n) is 3.88. The van der Waals surface area contributed by atoms with Gasteiger partial charge in [-0.2, -0.15) is 0 Å². The van der Waals surface area contributed by atoms with E-state index in [1.165, 1.54) is 20.1 Å². The van der Waals surface area contributed by atoms with Crippen LogP contribution in [-0.2, 0) is 20.7 Å². The minimum absolute atomic E-state index is 0.134. The Balaban J connectivity index is 2.69. The minimum Gasteiger partial charge on any atom is -0.466 e. The Labute approximate surface area is 107 Å². The lowest BCUT2D eigenvalue weighted by Crippen LogP contribution is -2.33. The van der Waals surface area contributed by atoms with Crippen molar-refractivity contribution in [2.24, 2.45) is 0 Å². The second kappa shape index (κ2) is 7.27. The Morgan fingerprint density at radius 1 is 1.33 bits per heavy atom. The maximum Gasteiger partial charge on any atom is 0.330 e. The predicted molar refractivity (Wildman–Crippen MR) is 68.9 cm³/mol. The first-order chi connectivity index (χ1) is 8.61. The minimum atomic E-state index is -0.432. The van der Waals surface area contributed by atoms with Crippen molar-refractivity contribution in [3.8, 4) is 0 Å². The molecule has 0 saturated carbocycles. The third-order valence-electron chi connectivity index (χ3n) is 2.35. The Kier molecular flexibility index (Phi) is 5.64. The van der Waals surface area contributed by atoms with Gasteiger partial charge in [0.25, 0.3) is 0 Å². The molecule has 0 aliphatic rings. The van der Waals surface area contributed by atoms with E-state index in [-0.39, 0.29) is 11.9 Å². The smallest absolute Gasteiger partial charge is 0.330 e. The molecule has 0 aliphatic carbocycles. The molecule has 4 heteroatoms. The van der Waals surface area contributed by atoms with E-state index in [1.54, 1.807) is 6.08 Å². The zero-order valence-corrected chi connectivity index (χ0v) is 10.6. The number of carbonyl (C=O) groups is 2. The number of hydrogen-bond acceptors (Lipinski definition) is 3. The number of carbonyl (C=O) groups excluding carboxylic acids is 2. The van der Waals surface area contributed by atoms with E-state index in [1.807, 2.05) is 30.3 Å². The van der Waals surface area contributed by atoms with Gasteiger partial charge in [-0.15, -0.1) is 0 Å². The number of hydrogen-bond donors (Lipinski definition) is 1. The van der Waals surface area contributed by atoms with Crippen LogP contribution in [0.15, 0.2) is 42.5 Å². The average Bonchev–Trinajstić information content (AvgIpc) is 2.36. The number of ether oxygens (including phenoxy) is 1. The summed E-state index contributed by atoms with van der Waals surface area (Å²) < 4.78 is 4.52. The van der Waals surface area contributed by atoms with Crippen molar-refractivity contribution in [3.63, 3.8) is 0 Å². The van der Waals surface area contributed by atoms with Gasteiger partial charge in [0.1, 0.15) is 0 Å². The summed E-state index contributed by atoms with van der Waals surface area (Å²) in [5, 5.41) is 2.77. The van der Waals surface area contributed by atoms with Crippen LogP contribution in [0.5, 0.6) is 0 Å². The van der Waals surface area contributed by atoms with E-state index in [4.69, 9.17) is 0 Å². The predicted octanol–water partition coefficient (Wildman–Crippen LogP) is 1.46. The maximum absolute atomic E-state index is 11.1. The molecule has 0 saturated heterocycles. The number of nitrogens with one attached hydrogen (secondary N) is 1. The summed E-state index contributed by atoms with van der Waals surface area (Å²) in [6.07, 6.45) is 3.59. The largest absolute Gasteiger partial charge is 0.466 e. The van der Waals surface area contributed by atoms with Gasteiger partial charge >= 0.3 is 5.97 Å². The van der Waals surface area contributed by atoms with Gasteiger partial charge in [-0.3, -0.25) is 4.79 Å². The molecule has 1 rings (SSSR count). The lowest BCUT2D eigenvalue weighted by molar-refractivity contribution is -0.134. The van der Waals surface area contributed by atoms with E-state index in [2.05, 4.69) is 10.1 Å². The molecule has 0 bridgehead atoms. The summed E-state index contributed by atoms with van der Waals surface area (Å²) in [5.41, 5.74) is 1.09. The molecule has 0 aliphatic heterocycles. The summed E-state index contributed by atoms with van der Waals surface area (Å²) >= 11 is 0. The first-order valence-corrected chi connectivity index (χ1v) is 5.69. The van der Waals surface area contributed by atoms with Crippen LogP contribution < -0.4 is 5.32 Å². The van der Waals surface area contributed by atoms with Crippen molar-refractivity contribution >= 4 is 11.9 Å². The molecule has 0 spiro atoms. The summed E-state index contributed by atoms with van der Waals surface area (Å²) in [7, 11) is 1.32. The summed E-state index contributed by atoms with van der Waals surface area (Å²) in [6.45, 7) is 1.45. The first kappa shape index (κ1) is 14.0. The molecular weight excluding hydrogens is 230 g/mol. The van der Waals surface area contributed by atoms with Crippen molar-refractivity contribution < 1.29 is 14.3 Å². The van der Waals surface area contributed by atoms with Crippen LogP contribution in [0.3, 0.4) is 0 Å². The van der Waals surface area contributed by atoms with Crippen LogP contribution >= 0.6 is 0 Å². The highest BCUT2D eigenvalue weighted by atomic mass is 16.5. The van der Waals surface area contributed by atoms with Gasteiger partial charge in [0, 0.05) is 13.0 Å². The van der Waals surface area contributed by atoms with E-state index < -0.39 is 5.97 Å². The molecule has 1 atom stereocenters. The molecule has 1 amide bonds. The fourth-order valence-corrected chi connectivity index (χ4v) is 1.56. The van der Waals surface area contributed by atoms with Crippen LogP contribution in [0.25, 0.3) is 0 Å². The van der Waals surface area contributed by atoms with Crippen LogP contribution in [0.2, 0.25) is 0 Å². The van der Waals surface area contributed by atoms with Crippen molar-refractivity contribution in [2.45, 2.75) is 19.4 Å². The number of esters is 1. The summed E-state index contributed by atoms with van der Waals surface area (Å²) in [5.74, 6) is -0.566. The van der Waals surface area contributed by atoms with Crippen molar-refractivity contribution in [3.05, 3.63) is 48.0 Å². The van der Waals surface area contributed by atoms with Gasteiger partial charge in [0.2, 0.25) is 5.91 Å². The van der Waals surface area contributed by atoms with E-state index >= 15 is 0 Å². The van der Waals surface area contributed by atoms with Gasteiger partial charge in [0.15, 0.2) is 0 Å². The highest BCUT2D eigenvalue weighted by molar-refractivity contribution is 5.82. The fourth-order valence-electron chi connectivity index (χ4n) is 1.56. The SMILES string of the molecule is COC(=O)/C=C/C(Cc1ccccc1)NC(C)=O. The van der Waals surface area contributed by atoms with Gasteiger partial charge in [0.05, 0.1) is 13.2 Å². The molecular formula is C14H17NO3. The molecule has 4 nitrogen and oxygen atoms in total. The molecule has 96 valence electrons. The van der Waals surface area contributed by atoms with Crippen LogP contribution in [-0.4, -0.2) is 25.0 Å². The lowest BCUT2D eigenvalue weighted by atomic mass is 10.1.